The Labute approximate surface area is 202 Å². The minimum Gasteiger partial charge on any atom is -0.493 e. The lowest BCUT2D eigenvalue weighted by Gasteiger charge is -2.18. The van der Waals surface area contributed by atoms with Crippen LogP contribution in [0.25, 0.3) is 22.0 Å². The Balaban J connectivity index is 1.41. The molecule has 0 bridgehead atoms. The van der Waals surface area contributed by atoms with Gasteiger partial charge in [0.25, 0.3) is 0 Å². The smallest absolute Gasteiger partial charge is 0.231 e. The second kappa shape index (κ2) is 8.26. The summed E-state index contributed by atoms with van der Waals surface area (Å²) in [7, 11) is 5.45. The summed E-state index contributed by atoms with van der Waals surface area (Å²) < 4.78 is 25.4. The number of fused-ring (bicyclic) bond motifs is 5. The number of nitrogens with zero attached hydrogens (tertiary/aromatic N) is 5. The maximum atomic E-state index is 6.29. The van der Waals surface area contributed by atoms with Crippen molar-refractivity contribution in [1.82, 2.24) is 15.0 Å². The van der Waals surface area contributed by atoms with Gasteiger partial charge < -0.3 is 23.8 Å². The second-order valence-corrected chi connectivity index (χ2v) is 8.85. The first-order valence-corrected chi connectivity index (χ1v) is 11.5. The van der Waals surface area contributed by atoms with Gasteiger partial charge >= 0.3 is 0 Å². The Morgan fingerprint density at radius 2 is 1.89 bits per heavy atom. The molecule has 0 unspecified atom stereocenters. The van der Waals surface area contributed by atoms with Gasteiger partial charge in [-0.25, -0.2) is 4.98 Å². The van der Waals surface area contributed by atoms with E-state index in [9.17, 15) is 0 Å². The third kappa shape index (κ3) is 3.73. The largest absolute Gasteiger partial charge is 0.493 e. The molecule has 2 aromatic carbocycles. The molecule has 4 heterocycles. The predicted molar refractivity (Wildman–Crippen MR) is 129 cm³/mol. The lowest BCUT2D eigenvalue weighted by Crippen LogP contribution is -2.40. The number of aromatic nitrogens is 4. The summed E-state index contributed by atoms with van der Waals surface area (Å²) in [4.78, 5) is 15.2. The monoisotopic (exact) mass is 472 g/mol. The van der Waals surface area contributed by atoms with Crippen molar-refractivity contribution in [3.05, 3.63) is 53.7 Å². The van der Waals surface area contributed by atoms with Gasteiger partial charge in [0.2, 0.25) is 18.4 Å². The van der Waals surface area contributed by atoms with Crippen LogP contribution in [0.15, 0.2) is 36.5 Å². The second-order valence-electron chi connectivity index (χ2n) is 8.85. The molecule has 178 valence electrons. The molecule has 9 heteroatoms. The Bertz CT molecular complexity index is 1470. The zero-order chi connectivity index (χ0) is 24.1. The third-order valence-corrected chi connectivity index (χ3v) is 6.32. The minimum atomic E-state index is 0.202. The fourth-order valence-electron chi connectivity index (χ4n) is 4.63. The molecule has 35 heavy (non-hydrogen) atoms. The van der Waals surface area contributed by atoms with E-state index in [0.29, 0.717) is 29.1 Å². The number of benzene rings is 2. The fraction of sp³-hybridized carbons (Fsp3) is 0.308. The van der Waals surface area contributed by atoms with E-state index in [4.69, 9.17) is 18.9 Å². The van der Waals surface area contributed by atoms with E-state index in [1.165, 1.54) is 5.56 Å². The van der Waals surface area contributed by atoms with Gasteiger partial charge in [0.05, 0.1) is 18.1 Å². The van der Waals surface area contributed by atoms with Crippen LogP contribution in [0.5, 0.6) is 23.0 Å². The maximum absolute atomic E-state index is 6.29. The molecule has 9 nitrogen and oxygen atoms in total. The lowest BCUT2D eigenvalue weighted by molar-refractivity contribution is -0.686. The topological polar surface area (TPSA) is 82.7 Å². The highest BCUT2D eigenvalue weighted by Gasteiger charge is 2.28. The highest BCUT2D eigenvalue weighted by Crippen LogP contribution is 2.41. The van der Waals surface area contributed by atoms with Gasteiger partial charge in [0, 0.05) is 26.6 Å². The number of rotatable bonds is 5. The molecule has 0 atom stereocenters. The number of pyridine rings is 1. The summed E-state index contributed by atoms with van der Waals surface area (Å²) in [5, 5.41) is 2.02. The standard InChI is InChI=1S/C26H26N5O4/c1-15-27-24(29-26(28-15)30(2)3)13-33-25-19-12-31-8-7-17-10-22-23(35-14-34-22)11-18(17)20(31)9-16(19)5-6-21(25)32-4/h5-6,9-12H,7-8,13-14H2,1-4H3/q+1. The van der Waals surface area contributed by atoms with Crippen LogP contribution in [0.2, 0.25) is 0 Å². The van der Waals surface area contributed by atoms with Gasteiger partial charge in [0.15, 0.2) is 41.6 Å². The van der Waals surface area contributed by atoms with Crippen molar-refractivity contribution in [1.29, 1.82) is 0 Å². The Morgan fingerprint density at radius 1 is 1.06 bits per heavy atom. The molecule has 0 saturated heterocycles. The van der Waals surface area contributed by atoms with E-state index in [0.717, 1.165) is 46.5 Å². The molecule has 4 aromatic rings. The minimum absolute atomic E-state index is 0.202. The summed E-state index contributed by atoms with van der Waals surface area (Å²) in [6.07, 6.45) is 3.05. The zero-order valence-corrected chi connectivity index (χ0v) is 20.2. The average molecular weight is 473 g/mol. The normalized spacial score (nSPS) is 13.4. The molecule has 0 aliphatic carbocycles. The molecule has 2 aliphatic rings. The summed E-state index contributed by atoms with van der Waals surface area (Å²) in [6, 6.07) is 10.4. The van der Waals surface area contributed by atoms with Crippen LogP contribution in [0, 0.1) is 6.92 Å². The maximum Gasteiger partial charge on any atom is 0.231 e. The molecule has 0 amide bonds. The van der Waals surface area contributed by atoms with Crippen LogP contribution in [-0.2, 0) is 19.6 Å². The molecule has 0 N–H and O–H groups in total. The first-order chi connectivity index (χ1) is 17.0. The van der Waals surface area contributed by atoms with Crippen LogP contribution >= 0.6 is 0 Å². The van der Waals surface area contributed by atoms with Crippen molar-refractivity contribution >= 4 is 16.7 Å². The molecule has 6 rings (SSSR count). The quantitative estimate of drug-likeness (QED) is 0.410. The highest BCUT2D eigenvalue weighted by molar-refractivity contribution is 5.91. The van der Waals surface area contributed by atoms with E-state index >= 15 is 0 Å². The van der Waals surface area contributed by atoms with Gasteiger partial charge in [-0.1, -0.05) is 0 Å². The number of anilines is 1. The van der Waals surface area contributed by atoms with E-state index in [2.05, 4.69) is 50.0 Å². The van der Waals surface area contributed by atoms with E-state index in [-0.39, 0.29) is 13.4 Å². The SMILES string of the molecule is COc1ccc2cc3[n+](cc2c1OCc1nc(C)nc(N(C)C)n1)CCc1cc2c(cc1-3)OCO2. The van der Waals surface area contributed by atoms with Crippen molar-refractivity contribution < 1.29 is 23.5 Å². The van der Waals surface area contributed by atoms with E-state index < -0.39 is 0 Å². The van der Waals surface area contributed by atoms with Crippen LogP contribution in [0.1, 0.15) is 17.2 Å². The lowest BCUT2D eigenvalue weighted by atomic mass is 9.95. The Kier molecular flexibility index (Phi) is 5.05. The van der Waals surface area contributed by atoms with E-state index in [1.807, 2.05) is 32.0 Å². The zero-order valence-electron chi connectivity index (χ0n) is 20.2. The summed E-state index contributed by atoms with van der Waals surface area (Å²) in [6.45, 7) is 3.18. The predicted octanol–water partition coefficient (Wildman–Crippen LogP) is 3.23. The number of ether oxygens (including phenoxy) is 4. The molecule has 0 spiro atoms. The van der Waals surface area contributed by atoms with Gasteiger partial charge in [-0.2, -0.15) is 14.5 Å². The Morgan fingerprint density at radius 3 is 2.69 bits per heavy atom. The summed E-state index contributed by atoms with van der Waals surface area (Å²) in [5.74, 6) is 4.76. The molecule has 0 fully saturated rings. The van der Waals surface area contributed by atoms with Crippen molar-refractivity contribution in [3.8, 4) is 34.3 Å². The molecular formula is C26H26N5O4+. The van der Waals surface area contributed by atoms with Crippen LogP contribution in [0.4, 0.5) is 5.95 Å². The molecular weight excluding hydrogens is 446 g/mol. The van der Waals surface area contributed by atoms with Gasteiger partial charge in [-0.15, -0.1) is 0 Å². The summed E-state index contributed by atoms with van der Waals surface area (Å²) >= 11 is 0. The number of methoxy groups -OCH3 is 1. The van der Waals surface area contributed by atoms with Crippen molar-refractivity contribution in [2.45, 2.75) is 26.5 Å². The van der Waals surface area contributed by atoms with Crippen LogP contribution in [0.3, 0.4) is 0 Å². The third-order valence-electron chi connectivity index (χ3n) is 6.32. The van der Waals surface area contributed by atoms with Crippen molar-refractivity contribution in [3.63, 3.8) is 0 Å². The van der Waals surface area contributed by atoms with Crippen molar-refractivity contribution in [2.75, 3.05) is 32.9 Å². The highest BCUT2D eigenvalue weighted by atomic mass is 16.7. The number of hydrogen-bond acceptors (Lipinski definition) is 8. The first-order valence-electron chi connectivity index (χ1n) is 11.5. The molecule has 2 aliphatic heterocycles. The van der Waals surface area contributed by atoms with Gasteiger partial charge in [-0.3, -0.25) is 0 Å². The van der Waals surface area contributed by atoms with Crippen LogP contribution in [-0.4, -0.2) is 43.0 Å². The average Bonchev–Trinajstić information content (AvgIpc) is 3.32. The Hall–Kier alpha value is -4.14. The van der Waals surface area contributed by atoms with E-state index in [1.54, 1.807) is 7.11 Å². The van der Waals surface area contributed by atoms with Crippen LogP contribution < -0.4 is 28.4 Å². The molecule has 0 saturated carbocycles. The first kappa shape index (κ1) is 21.4. The van der Waals surface area contributed by atoms with Gasteiger partial charge in [-0.05, 0) is 42.1 Å². The van der Waals surface area contributed by atoms with Crippen molar-refractivity contribution in [2.24, 2.45) is 0 Å². The molecule has 0 radical (unpaired) electrons. The fourth-order valence-corrected chi connectivity index (χ4v) is 4.63. The number of hydrogen-bond donors (Lipinski definition) is 0. The summed E-state index contributed by atoms with van der Waals surface area (Å²) in [5.41, 5.74) is 3.56. The molecule has 2 aromatic heterocycles. The number of aryl methyl sites for hydroxylation is 3. The van der Waals surface area contributed by atoms with Gasteiger partial charge in [0.1, 0.15) is 12.4 Å².